The van der Waals surface area contributed by atoms with Crippen molar-refractivity contribution in [1.29, 1.82) is 0 Å². The Hall–Kier alpha value is -3.25. The van der Waals surface area contributed by atoms with Gasteiger partial charge in [-0.05, 0) is 43.7 Å². The Morgan fingerprint density at radius 3 is 2.52 bits per heavy atom. The molecule has 6 nitrogen and oxygen atoms in total. The molecule has 0 bridgehead atoms. The van der Waals surface area contributed by atoms with Crippen LogP contribution in [0.5, 0.6) is 0 Å². The van der Waals surface area contributed by atoms with Crippen LogP contribution < -0.4 is 9.80 Å². The maximum absolute atomic E-state index is 13.3. The lowest BCUT2D eigenvalue weighted by atomic mass is 10.0. The van der Waals surface area contributed by atoms with Gasteiger partial charge in [-0.25, -0.2) is 4.79 Å². The zero-order chi connectivity index (χ0) is 20.7. The molecule has 148 valence electrons. The molecule has 4 rings (SSSR count). The second-order valence-corrected chi connectivity index (χ2v) is 7.32. The average molecular weight is 411 g/mol. The maximum atomic E-state index is 13.3. The highest BCUT2D eigenvalue weighted by Crippen LogP contribution is 2.39. The minimum absolute atomic E-state index is 0.0214. The average Bonchev–Trinajstić information content (AvgIpc) is 3.18. The predicted molar refractivity (Wildman–Crippen MR) is 111 cm³/mol. The van der Waals surface area contributed by atoms with Crippen LogP contribution in [0, 0.1) is 13.8 Å². The van der Waals surface area contributed by atoms with Gasteiger partial charge in [0.15, 0.2) is 0 Å². The summed E-state index contributed by atoms with van der Waals surface area (Å²) >= 11 is 6.18. The SMILES string of the molecule is COC(=O)c1occc1N1CN(c2ccc(C)cc2C)c2ccc(Cl)cc2C1=O. The van der Waals surface area contributed by atoms with E-state index in [1.807, 2.05) is 36.9 Å². The molecule has 2 aromatic carbocycles. The summed E-state index contributed by atoms with van der Waals surface area (Å²) in [6.45, 7) is 4.27. The van der Waals surface area contributed by atoms with Crippen molar-refractivity contribution in [2.24, 2.45) is 0 Å². The number of halogens is 1. The van der Waals surface area contributed by atoms with E-state index in [4.69, 9.17) is 20.8 Å². The quantitative estimate of drug-likeness (QED) is 0.562. The Balaban J connectivity index is 1.88. The van der Waals surface area contributed by atoms with Crippen molar-refractivity contribution in [3.05, 3.63) is 76.2 Å². The van der Waals surface area contributed by atoms with Crippen LogP contribution in [0.1, 0.15) is 32.0 Å². The topological polar surface area (TPSA) is 63.0 Å². The van der Waals surface area contributed by atoms with E-state index in [-0.39, 0.29) is 18.3 Å². The maximum Gasteiger partial charge on any atom is 0.376 e. The van der Waals surface area contributed by atoms with Gasteiger partial charge in [-0.1, -0.05) is 29.3 Å². The van der Waals surface area contributed by atoms with Gasteiger partial charge in [-0.15, -0.1) is 0 Å². The summed E-state index contributed by atoms with van der Waals surface area (Å²) in [5, 5.41) is 0.458. The van der Waals surface area contributed by atoms with E-state index >= 15 is 0 Å². The third kappa shape index (κ3) is 3.25. The first-order chi connectivity index (χ1) is 13.9. The van der Waals surface area contributed by atoms with Crippen molar-refractivity contribution < 1.29 is 18.7 Å². The van der Waals surface area contributed by atoms with Crippen LogP contribution in [0.25, 0.3) is 0 Å². The van der Waals surface area contributed by atoms with Gasteiger partial charge in [0.05, 0.1) is 30.3 Å². The van der Waals surface area contributed by atoms with Crippen LogP contribution in [0.4, 0.5) is 17.1 Å². The number of hydrogen-bond donors (Lipinski definition) is 0. The van der Waals surface area contributed by atoms with E-state index in [0.29, 0.717) is 16.3 Å². The van der Waals surface area contributed by atoms with Gasteiger partial charge in [0.25, 0.3) is 5.91 Å². The summed E-state index contributed by atoms with van der Waals surface area (Å²) in [6, 6.07) is 13.0. The highest BCUT2D eigenvalue weighted by atomic mass is 35.5. The summed E-state index contributed by atoms with van der Waals surface area (Å²) in [6.07, 6.45) is 1.36. The third-order valence-corrected chi connectivity index (χ3v) is 5.19. The fourth-order valence-corrected chi connectivity index (χ4v) is 3.77. The molecule has 1 aliphatic rings. The number of rotatable bonds is 3. The van der Waals surface area contributed by atoms with Crippen LogP contribution in [-0.4, -0.2) is 25.7 Å². The van der Waals surface area contributed by atoms with Crippen LogP contribution in [0.3, 0.4) is 0 Å². The van der Waals surface area contributed by atoms with Crippen molar-refractivity contribution in [2.45, 2.75) is 13.8 Å². The first-order valence-electron chi connectivity index (χ1n) is 9.02. The standard InChI is InChI=1S/C22H19ClN2O4/c1-13-4-6-17(14(2)10-13)24-12-25(19-8-9-29-20(19)22(27)28-3)21(26)16-11-15(23)5-7-18(16)24/h4-11H,12H2,1-3H3. The number of carbonyl (C=O) groups is 2. The molecular formula is C22H19ClN2O4. The zero-order valence-corrected chi connectivity index (χ0v) is 17.0. The molecule has 29 heavy (non-hydrogen) atoms. The van der Waals surface area contributed by atoms with Crippen LogP contribution in [-0.2, 0) is 4.74 Å². The number of ether oxygens (including phenoxy) is 1. The minimum Gasteiger partial charge on any atom is -0.463 e. The summed E-state index contributed by atoms with van der Waals surface area (Å²) in [5.41, 5.74) is 4.73. The Morgan fingerprint density at radius 1 is 1.03 bits per heavy atom. The molecular weight excluding hydrogens is 392 g/mol. The fraction of sp³-hybridized carbons (Fsp3) is 0.182. The summed E-state index contributed by atoms with van der Waals surface area (Å²) in [5.74, 6) is -0.935. The largest absolute Gasteiger partial charge is 0.463 e. The predicted octanol–water partition coefficient (Wildman–Crippen LogP) is 5.09. The number of benzene rings is 2. The second kappa shape index (κ2) is 7.29. The summed E-state index contributed by atoms with van der Waals surface area (Å²) in [4.78, 5) is 28.9. The molecule has 0 N–H and O–H groups in total. The van der Waals surface area contributed by atoms with Gasteiger partial charge < -0.3 is 14.1 Å². The molecule has 0 saturated carbocycles. The van der Waals surface area contributed by atoms with Gasteiger partial charge in [-0.2, -0.15) is 0 Å². The van der Waals surface area contributed by atoms with E-state index < -0.39 is 5.97 Å². The fourth-order valence-electron chi connectivity index (χ4n) is 3.60. The van der Waals surface area contributed by atoms with Gasteiger partial charge >= 0.3 is 5.97 Å². The smallest absolute Gasteiger partial charge is 0.376 e. The van der Waals surface area contributed by atoms with Crippen molar-refractivity contribution in [3.63, 3.8) is 0 Å². The molecule has 2 heterocycles. The summed E-state index contributed by atoms with van der Waals surface area (Å²) < 4.78 is 10.1. The number of carbonyl (C=O) groups excluding carboxylic acids is 2. The van der Waals surface area contributed by atoms with Crippen LogP contribution in [0.15, 0.2) is 53.1 Å². The molecule has 3 aromatic rings. The van der Waals surface area contributed by atoms with Crippen LogP contribution >= 0.6 is 11.6 Å². The van der Waals surface area contributed by atoms with E-state index in [1.165, 1.54) is 18.3 Å². The van der Waals surface area contributed by atoms with E-state index in [0.717, 1.165) is 22.5 Å². The highest BCUT2D eigenvalue weighted by Gasteiger charge is 2.35. The molecule has 1 aromatic heterocycles. The molecule has 0 radical (unpaired) electrons. The number of aryl methyl sites for hydroxylation is 2. The Bertz CT molecular complexity index is 1120. The molecule has 0 spiro atoms. The summed E-state index contributed by atoms with van der Waals surface area (Å²) in [7, 11) is 1.27. The molecule has 7 heteroatoms. The Labute approximate surface area is 173 Å². The first kappa shape index (κ1) is 19.1. The monoisotopic (exact) mass is 410 g/mol. The van der Waals surface area contributed by atoms with Gasteiger partial charge in [0.1, 0.15) is 6.67 Å². The number of furan rings is 1. The molecule has 1 amide bonds. The molecule has 0 atom stereocenters. The van der Waals surface area contributed by atoms with E-state index in [9.17, 15) is 9.59 Å². The number of hydrogen-bond acceptors (Lipinski definition) is 5. The van der Waals surface area contributed by atoms with Crippen molar-refractivity contribution >= 4 is 40.5 Å². The van der Waals surface area contributed by atoms with Gasteiger partial charge in [0.2, 0.25) is 5.76 Å². The number of anilines is 3. The van der Waals surface area contributed by atoms with E-state index in [1.54, 1.807) is 18.2 Å². The Morgan fingerprint density at radius 2 is 1.79 bits per heavy atom. The van der Waals surface area contributed by atoms with Crippen molar-refractivity contribution in [3.8, 4) is 0 Å². The van der Waals surface area contributed by atoms with Crippen molar-refractivity contribution in [1.82, 2.24) is 0 Å². The van der Waals surface area contributed by atoms with Crippen LogP contribution in [0.2, 0.25) is 5.02 Å². The zero-order valence-electron chi connectivity index (χ0n) is 16.2. The lowest BCUT2D eigenvalue weighted by molar-refractivity contribution is 0.0566. The highest BCUT2D eigenvalue weighted by molar-refractivity contribution is 6.31. The number of esters is 1. The number of amides is 1. The third-order valence-electron chi connectivity index (χ3n) is 4.96. The van der Waals surface area contributed by atoms with Gasteiger partial charge in [0, 0.05) is 16.8 Å². The molecule has 0 fully saturated rings. The minimum atomic E-state index is -0.646. The lowest BCUT2D eigenvalue weighted by Gasteiger charge is -2.38. The molecule has 0 saturated heterocycles. The lowest BCUT2D eigenvalue weighted by Crippen LogP contribution is -2.45. The number of fused-ring (bicyclic) bond motifs is 1. The normalized spacial score (nSPS) is 13.4. The molecule has 1 aliphatic heterocycles. The van der Waals surface area contributed by atoms with E-state index in [2.05, 4.69) is 6.07 Å². The first-order valence-corrected chi connectivity index (χ1v) is 9.40. The van der Waals surface area contributed by atoms with Crippen molar-refractivity contribution in [2.75, 3.05) is 23.6 Å². The molecule has 0 unspecified atom stereocenters. The number of nitrogens with zero attached hydrogens (tertiary/aromatic N) is 2. The Kier molecular flexibility index (Phi) is 4.80. The molecule has 0 aliphatic carbocycles. The second-order valence-electron chi connectivity index (χ2n) is 6.88. The van der Waals surface area contributed by atoms with Gasteiger partial charge in [-0.3, -0.25) is 9.69 Å². The number of methoxy groups -OCH3 is 1.